The topological polar surface area (TPSA) is 108 Å². The molecule has 0 spiro atoms. The Morgan fingerprint density at radius 3 is 2.86 bits per heavy atom. The number of amides is 1. The van der Waals surface area contributed by atoms with Crippen molar-refractivity contribution < 1.29 is 14.1 Å². The van der Waals surface area contributed by atoms with Crippen molar-refractivity contribution in [1.82, 2.24) is 19.6 Å². The molecule has 29 heavy (non-hydrogen) atoms. The van der Waals surface area contributed by atoms with E-state index in [0.717, 1.165) is 6.20 Å². The number of halogens is 3. The van der Waals surface area contributed by atoms with Gasteiger partial charge in [-0.15, -0.1) is 0 Å². The van der Waals surface area contributed by atoms with Crippen molar-refractivity contribution in [2.24, 2.45) is 0 Å². The summed E-state index contributed by atoms with van der Waals surface area (Å²) in [7, 11) is 0. The maximum Gasteiger partial charge on any atom is 0.309 e. The van der Waals surface area contributed by atoms with E-state index in [2.05, 4.69) is 31.4 Å². The molecule has 12 heteroatoms. The van der Waals surface area contributed by atoms with Gasteiger partial charge in [0.05, 0.1) is 22.5 Å². The van der Waals surface area contributed by atoms with Crippen molar-refractivity contribution in [3.63, 3.8) is 0 Å². The van der Waals surface area contributed by atoms with Gasteiger partial charge in [-0.2, -0.15) is 10.2 Å². The van der Waals surface area contributed by atoms with Crippen LogP contribution in [0.2, 0.25) is 5.02 Å². The van der Waals surface area contributed by atoms with Gasteiger partial charge in [0.25, 0.3) is 0 Å². The molecule has 3 aromatic rings. The number of carbonyl (C=O) groups is 1. The van der Waals surface area contributed by atoms with Crippen LogP contribution in [0, 0.1) is 22.9 Å². The van der Waals surface area contributed by atoms with E-state index in [1.807, 2.05) is 0 Å². The zero-order valence-corrected chi connectivity index (χ0v) is 17.4. The smallest absolute Gasteiger partial charge is 0.308 e. The van der Waals surface area contributed by atoms with Gasteiger partial charge in [-0.05, 0) is 35.0 Å². The summed E-state index contributed by atoms with van der Waals surface area (Å²) in [5, 5.41) is 21.9. The van der Waals surface area contributed by atoms with Crippen molar-refractivity contribution in [2.45, 2.75) is 26.4 Å². The molecule has 0 aliphatic rings. The summed E-state index contributed by atoms with van der Waals surface area (Å²) in [6.07, 6.45) is 2.79. The number of hydrogen-bond acceptors (Lipinski definition) is 5. The minimum absolute atomic E-state index is 0.0398. The van der Waals surface area contributed by atoms with Crippen LogP contribution in [0.15, 0.2) is 35.1 Å². The lowest BCUT2D eigenvalue weighted by atomic mass is 10.2. The molecular formula is C17H15BrClFN6O3. The van der Waals surface area contributed by atoms with Gasteiger partial charge in [0, 0.05) is 23.2 Å². The highest BCUT2D eigenvalue weighted by molar-refractivity contribution is 9.10. The third-order valence-corrected chi connectivity index (χ3v) is 5.12. The van der Waals surface area contributed by atoms with Gasteiger partial charge in [-0.3, -0.25) is 24.3 Å². The fraction of sp³-hybridized carbons (Fsp3) is 0.235. The van der Waals surface area contributed by atoms with Crippen molar-refractivity contribution in [2.75, 3.05) is 5.32 Å². The lowest BCUT2D eigenvalue weighted by Gasteiger charge is -2.06. The Labute approximate surface area is 177 Å². The normalized spacial score (nSPS) is 10.9. The highest BCUT2D eigenvalue weighted by Gasteiger charge is 2.18. The highest BCUT2D eigenvalue weighted by atomic mass is 79.9. The SMILES string of the molecule is Cc1c([N+](=O)[O-])cnn1CCC(=O)Nc1nn(Cc2c(F)cccc2Cl)cc1Br. The summed E-state index contributed by atoms with van der Waals surface area (Å²) in [5.41, 5.74) is 0.562. The summed E-state index contributed by atoms with van der Waals surface area (Å²) in [6.45, 7) is 1.83. The average molecular weight is 486 g/mol. The summed E-state index contributed by atoms with van der Waals surface area (Å²) < 4.78 is 17.3. The number of rotatable bonds is 7. The highest BCUT2D eigenvalue weighted by Crippen LogP contribution is 2.24. The molecule has 1 amide bonds. The second-order valence-corrected chi connectivity index (χ2v) is 7.38. The first-order valence-electron chi connectivity index (χ1n) is 8.38. The van der Waals surface area contributed by atoms with E-state index in [9.17, 15) is 19.3 Å². The first-order valence-corrected chi connectivity index (χ1v) is 9.56. The molecule has 0 saturated carbocycles. The van der Waals surface area contributed by atoms with Crippen LogP contribution in [0.3, 0.4) is 0 Å². The van der Waals surface area contributed by atoms with Gasteiger partial charge < -0.3 is 5.32 Å². The summed E-state index contributed by atoms with van der Waals surface area (Å²) in [6, 6.07) is 4.41. The average Bonchev–Trinajstić information content (AvgIpc) is 3.19. The Morgan fingerprint density at radius 2 is 2.21 bits per heavy atom. The molecule has 2 aromatic heterocycles. The third-order valence-electron chi connectivity index (χ3n) is 4.18. The summed E-state index contributed by atoms with van der Waals surface area (Å²) >= 11 is 9.34. The van der Waals surface area contributed by atoms with E-state index < -0.39 is 10.7 Å². The standard InChI is InChI=1S/C17H15BrClFN6O3/c1-10-15(26(28)29)7-21-25(10)6-5-16(27)22-17-12(18)9-24(23-17)8-11-13(19)3-2-4-14(11)20/h2-4,7,9H,5-6,8H2,1H3,(H,22,23,27). The molecule has 1 aromatic carbocycles. The van der Waals surface area contributed by atoms with Crippen molar-refractivity contribution >= 4 is 44.9 Å². The predicted molar refractivity (Wildman–Crippen MR) is 107 cm³/mol. The van der Waals surface area contributed by atoms with Crippen LogP contribution in [0.1, 0.15) is 17.7 Å². The van der Waals surface area contributed by atoms with E-state index in [-0.39, 0.29) is 47.5 Å². The first kappa shape index (κ1) is 20.9. The van der Waals surface area contributed by atoms with Crippen molar-refractivity contribution in [3.05, 3.63) is 67.3 Å². The molecule has 0 aliphatic heterocycles. The minimum Gasteiger partial charge on any atom is -0.308 e. The predicted octanol–water partition coefficient (Wildman–Crippen LogP) is 3.93. The maximum absolute atomic E-state index is 13.9. The van der Waals surface area contributed by atoms with E-state index in [0.29, 0.717) is 10.2 Å². The molecule has 0 aliphatic carbocycles. The molecule has 0 fully saturated rings. The minimum atomic E-state index is -0.523. The second-order valence-electron chi connectivity index (χ2n) is 6.12. The Morgan fingerprint density at radius 1 is 1.45 bits per heavy atom. The molecule has 152 valence electrons. The Balaban J connectivity index is 1.63. The molecule has 0 radical (unpaired) electrons. The number of anilines is 1. The number of benzene rings is 1. The zero-order valence-electron chi connectivity index (χ0n) is 15.1. The number of nitrogens with one attached hydrogen (secondary N) is 1. The number of hydrogen-bond donors (Lipinski definition) is 1. The Bertz CT molecular complexity index is 1060. The monoisotopic (exact) mass is 484 g/mol. The van der Waals surface area contributed by atoms with E-state index in [4.69, 9.17) is 11.6 Å². The van der Waals surface area contributed by atoms with Gasteiger partial charge in [0.2, 0.25) is 5.91 Å². The molecule has 0 atom stereocenters. The lowest BCUT2D eigenvalue weighted by Crippen LogP contribution is -2.16. The van der Waals surface area contributed by atoms with Crippen LogP contribution >= 0.6 is 27.5 Å². The van der Waals surface area contributed by atoms with Crippen LogP contribution in [0.5, 0.6) is 0 Å². The van der Waals surface area contributed by atoms with Gasteiger partial charge >= 0.3 is 5.69 Å². The molecule has 3 rings (SSSR count). The Hall–Kier alpha value is -2.79. The fourth-order valence-electron chi connectivity index (χ4n) is 2.65. The lowest BCUT2D eigenvalue weighted by molar-refractivity contribution is -0.385. The zero-order chi connectivity index (χ0) is 21.1. The molecule has 9 nitrogen and oxygen atoms in total. The molecular weight excluding hydrogens is 471 g/mol. The summed E-state index contributed by atoms with van der Waals surface area (Å²) in [4.78, 5) is 22.6. The first-order chi connectivity index (χ1) is 13.8. The van der Waals surface area contributed by atoms with Gasteiger partial charge in [0.15, 0.2) is 5.82 Å². The van der Waals surface area contributed by atoms with E-state index in [1.165, 1.54) is 21.5 Å². The van der Waals surface area contributed by atoms with Gasteiger partial charge in [-0.1, -0.05) is 17.7 Å². The molecule has 0 bridgehead atoms. The maximum atomic E-state index is 13.9. The quantitative estimate of drug-likeness (QED) is 0.403. The van der Waals surface area contributed by atoms with Crippen LogP contribution in [-0.4, -0.2) is 30.4 Å². The van der Waals surface area contributed by atoms with Crippen LogP contribution < -0.4 is 5.32 Å². The van der Waals surface area contributed by atoms with Crippen LogP contribution in [-0.2, 0) is 17.9 Å². The number of nitro groups is 1. The number of nitrogens with zero attached hydrogens (tertiary/aromatic N) is 5. The fourth-order valence-corrected chi connectivity index (χ4v) is 3.29. The Kier molecular flexibility index (Phi) is 6.28. The van der Waals surface area contributed by atoms with Crippen LogP contribution in [0.25, 0.3) is 0 Å². The van der Waals surface area contributed by atoms with Crippen LogP contribution in [0.4, 0.5) is 15.9 Å². The largest absolute Gasteiger partial charge is 0.309 e. The number of aryl methyl sites for hydroxylation is 1. The van der Waals surface area contributed by atoms with Gasteiger partial charge in [0.1, 0.15) is 17.7 Å². The molecule has 2 heterocycles. The van der Waals surface area contributed by atoms with Crippen molar-refractivity contribution in [1.29, 1.82) is 0 Å². The number of carbonyl (C=O) groups excluding carboxylic acids is 1. The van der Waals surface area contributed by atoms with Gasteiger partial charge in [-0.25, -0.2) is 4.39 Å². The number of aromatic nitrogens is 4. The van der Waals surface area contributed by atoms with Crippen molar-refractivity contribution in [3.8, 4) is 0 Å². The molecule has 0 saturated heterocycles. The second kappa shape index (κ2) is 8.70. The summed E-state index contributed by atoms with van der Waals surface area (Å²) in [5.74, 6) is -0.526. The molecule has 1 N–H and O–H groups in total. The molecule has 0 unspecified atom stereocenters. The van der Waals surface area contributed by atoms with E-state index in [1.54, 1.807) is 19.2 Å². The third kappa shape index (κ3) is 4.80. The van der Waals surface area contributed by atoms with E-state index >= 15 is 0 Å².